The highest BCUT2D eigenvalue weighted by Crippen LogP contribution is 2.38. The Balaban J connectivity index is 1.90. The maximum Gasteiger partial charge on any atom is 0.259 e. The topological polar surface area (TPSA) is 71.1 Å². The van der Waals surface area contributed by atoms with Crippen molar-refractivity contribution < 1.29 is 9.59 Å². The summed E-state index contributed by atoms with van der Waals surface area (Å²) in [7, 11) is 0. The second kappa shape index (κ2) is 7.57. The molecule has 2 amide bonds. The van der Waals surface area contributed by atoms with Crippen molar-refractivity contribution in [1.29, 1.82) is 0 Å². The first-order valence-corrected chi connectivity index (χ1v) is 9.16. The molecule has 5 nitrogen and oxygen atoms in total. The van der Waals surface area contributed by atoms with Gasteiger partial charge in [0.1, 0.15) is 5.00 Å². The van der Waals surface area contributed by atoms with E-state index in [4.69, 9.17) is 0 Å². The fourth-order valence-electron chi connectivity index (χ4n) is 2.94. The molecule has 3 rings (SSSR count). The third kappa shape index (κ3) is 3.64. The van der Waals surface area contributed by atoms with E-state index in [2.05, 4.69) is 15.6 Å². The van der Waals surface area contributed by atoms with Gasteiger partial charge < -0.3 is 10.6 Å². The molecular formula is C18H21N3O2S. The molecule has 0 unspecified atom stereocenters. The zero-order chi connectivity index (χ0) is 16.9. The van der Waals surface area contributed by atoms with Gasteiger partial charge in [0.05, 0.1) is 17.4 Å². The average molecular weight is 343 g/mol. The molecule has 0 saturated carbocycles. The van der Waals surface area contributed by atoms with E-state index in [1.165, 1.54) is 4.88 Å². The van der Waals surface area contributed by atoms with Gasteiger partial charge in [-0.3, -0.25) is 14.6 Å². The van der Waals surface area contributed by atoms with Gasteiger partial charge in [0.25, 0.3) is 5.91 Å². The maximum absolute atomic E-state index is 12.8. The quantitative estimate of drug-likeness (QED) is 0.861. The molecule has 2 N–H and O–H groups in total. The molecule has 0 radical (unpaired) electrons. The van der Waals surface area contributed by atoms with E-state index in [0.717, 1.165) is 37.7 Å². The maximum atomic E-state index is 12.8. The Morgan fingerprint density at radius 2 is 2.08 bits per heavy atom. The third-order valence-corrected chi connectivity index (χ3v) is 5.26. The first-order chi connectivity index (χ1) is 11.7. The van der Waals surface area contributed by atoms with E-state index in [0.29, 0.717) is 22.7 Å². The van der Waals surface area contributed by atoms with Crippen LogP contribution >= 0.6 is 11.3 Å². The van der Waals surface area contributed by atoms with Gasteiger partial charge in [-0.25, -0.2) is 0 Å². The second-order valence-corrected chi connectivity index (χ2v) is 7.01. The number of amides is 2. The second-order valence-electron chi connectivity index (χ2n) is 5.91. The van der Waals surface area contributed by atoms with Crippen LogP contribution in [0.3, 0.4) is 0 Å². The van der Waals surface area contributed by atoms with E-state index < -0.39 is 0 Å². The molecule has 24 heavy (non-hydrogen) atoms. The Morgan fingerprint density at radius 3 is 2.83 bits per heavy atom. The smallest absolute Gasteiger partial charge is 0.259 e. The molecule has 0 bridgehead atoms. The average Bonchev–Trinajstić information content (AvgIpc) is 2.93. The molecule has 0 spiro atoms. The standard InChI is InChI=1S/C18H21N3O2S/c1-2-6-15(22)21-18-16(13-8-3-4-9-14(13)24-18)17(23)20-12-7-5-10-19-11-12/h5,7,10-11H,2-4,6,8-9H2,1H3,(H,20,23)(H,21,22). The summed E-state index contributed by atoms with van der Waals surface area (Å²) in [6.45, 7) is 1.97. The third-order valence-electron chi connectivity index (χ3n) is 4.05. The van der Waals surface area contributed by atoms with Crippen molar-refractivity contribution in [2.45, 2.75) is 45.4 Å². The molecule has 0 aromatic carbocycles. The number of hydrogen-bond donors (Lipinski definition) is 2. The molecule has 2 aromatic heterocycles. The molecule has 0 atom stereocenters. The van der Waals surface area contributed by atoms with E-state index in [-0.39, 0.29) is 11.8 Å². The summed E-state index contributed by atoms with van der Waals surface area (Å²) in [5.41, 5.74) is 2.38. The van der Waals surface area contributed by atoms with Gasteiger partial charge in [0.15, 0.2) is 0 Å². The number of anilines is 2. The van der Waals surface area contributed by atoms with Crippen LogP contribution in [0.4, 0.5) is 10.7 Å². The molecular weight excluding hydrogens is 322 g/mol. The molecule has 2 aromatic rings. The Labute approximate surface area is 145 Å². The summed E-state index contributed by atoms with van der Waals surface area (Å²) < 4.78 is 0. The summed E-state index contributed by atoms with van der Waals surface area (Å²) in [4.78, 5) is 30.1. The Bertz CT molecular complexity index is 740. The summed E-state index contributed by atoms with van der Waals surface area (Å²) in [6.07, 6.45) is 8.63. The van der Waals surface area contributed by atoms with Crippen LogP contribution in [0.1, 0.15) is 53.4 Å². The van der Waals surface area contributed by atoms with Crippen molar-refractivity contribution >= 4 is 33.8 Å². The summed E-state index contributed by atoms with van der Waals surface area (Å²) in [5.74, 6) is -0.208. The lowest BCUT2D eigenvalue weighted by Crippen LogP contribution is -2.18. The number of pyridine rings is 1. The van der Waals surface area contributed by atoms with Crippen molar-refractivity contribution in [2.75, 3.05) is 10.6 Å². The van der Waals surface area contributed by atoms with Gasteiger partial charge in [0, 0.05) is 17.5 Å². The fraction of sp³-hybridized carbons (Fsp3) is 0.389. The monoisotopic (exact) mass is 343 g/mol. The van der Waals surface area contributed by atoms with Crippen molar-refractivity contribution in [2.24, 2.45) is 0 Å². The minimum absolute atomic E-state index is 0.0356. The fourth-order valence-corrected chi connectivity index (χ4v) is 4.24. The van der Waals surface area contributed by atoms with Crippen molar-refractivity contribution in [3.8, 4) is 0 Å². The first kappa shape index (κ1) is 16.6. The Kier molecular flexibility index (Phi) is 5.25. The lowest BCUT2D eigenvalue weighted by molar-refractivity contribution is -0.116. The number of nitrogens with zero attached hydrogens (tertiary/aromatic N) is 1. The molecule has 0 fully saturated rings. The van der Waals surface area contributed by atoms with Gasteiger partial charge in [-0.2, -0.15) is 0 Å². The number of aromatic nitrogens is 1. The SMILES string of the molecule is CCCC(=O)Nc1sc2c(c1C(=O)Nc1cccnc1)CCCC2. The molecule has 0 saturated heterocycles. The number of aryl methyl sites for hydroxylation is 1. The molecule has 1 aliphatic rings. The summed E-state index contributed by atoms with van der Waals surface area (Å²) in [5, 5.41) is 6.51. The van der Waals surface area contributed by atoms with Gasteiger partial charge in [-0.1, -0.05) is 6.92 Å². The molecule has 2 heterocycles. The van der Waals surface area contributed by atoms with Crippen molar-refractivity contribution in [3.63, 3.8) is 0 Å². The molecule has 1 aliphatic carbocycles. The number of hydrogen-bond acceptors (Lipinski definition) is 4. The number of carbonyl (C=O) groups excluding carboxylic acids is 2. The number of carbonyl (C=O) groups is 2. The van der Waals surface area contributed by atoms with Crippen LogP contribution in [-0.2, 0) is 17.6 Å². The zero-order valence-electron chi connectivity index (χ0n) is 13.7. The van der Waals surface area contributed by atoms with E-state index in [9.17, 15) is 9.59 Å². The Morgan fingerprint density at radius 1 is 1.25 bits per heavy atom. The van der Waals surface area contributed by atoms with Gasteiger partial charge in [0.2, 0.25) is 5.91 Å². The van der Waals surface area contributed by atoms with Crippen LogP contribution in [0.25, 0.3) is 0 Å². The minimum atomic E-state index is -0.172. The highest BCUT2D eigenvalue weighted by atomic mass is 32.1. The van der Waals surface area contributed by atoms with E-state index in [1.54, 1.807) is 35.9 Å². The Hall–Kier alpha value is -2.21. The van der Waals surface area contributed by atoms with Crippen LogP contribution in [0, 0.1) is 0 Å². The van der Waals surface area contributed by atoms with Gasteiger partial charge in [-0.05, 0) is 49.8 Å². The lowest BCUT2D eigenvalue weighted by atomic mass is 9.95. The number of thiophene rings is 1. The predicted octanol–water partition coefficient (Wildman–Crippen LogP) is 4.01. The predicted molar refractivity (Wildman–Crippen MR) is 96.7 cm³/mol. The van der Waals surface area contributed by atoms with Gasteiger partial charge >= 0.3 is 0 Å². The van der Waals surface area contributed by atoms with E-state index >= 15 is 0 Å². The van der Waals surface area contributed by atoms with Crippen molar-refractivity contribution in [3.05, 3.63) is 40.5 Å². The number of fused-ring (bicyclic) bond motifs is 1. The lowest BCUT2D eigenvalue weighted by Gasteiger charge is -2.13. The van der Waals surface area contributed by atoms with Crippen LogP contribution < -0.4 is 10.6 Å². The number of nitrogens with one attached hydrogen (secondary N) is 2. The highest BCUT2D eigenvalue weighted by Gasteiger charge is 2.26. The van der Waals surface area contributed by atoms with E-state index in [1.807, 2.05) is 6.92 Å². The number of rotatable bonds is 5. The van der Waals surface area contributed by atoms with Crippen LogP contribution in [0.2, 0.25) is 0 Å². The highest BCUT2D eigenvalue weighted by molar-refractivity contribution is 7.17. The van der Waals surface area contributed by atoms with Crippen LogP contribution in [0.5, 0.6) is 0 Å². The first-order valence-electron chi connectivity index (χ1n) is 8.34. The van der Waals surface area contributed by atoms with Gasteiger partial charge in [-0.15, -0.1) is 11.3 Å². The van der Waals surface area contributed by atoms with Crippen molar-refractivity contribution in [1.82, 2.24) is 4.98 Å². The molecule has 6 heteroatoms. The summed E-state index contributed by atoms with van der Waals surface area (Å²) in [6, 6.07) is 3.59. The normalized spacial score (nSPS) is 13.2. The molecule has 126 valence electrons. The zero-order valence-corrected chi connectivity index (χ0v) is 14.5. The summed E-state index contributed by atoms with van der Waals surface area (Å²) >= 11 is 1.55. The molecule has 0 aliphatic heterocycles. The van der Waals surface area contributed by atoms with Crippen LogP contribution in [-0.4, -0.2) is 16.8 Å². The van der Waals surface area contributed by atoms with Crippen LogP contribution in [0.15, 0.2) is 24.5 Å². The largest absolute Gasteiger partial charge is 0.320 e. The minimum Gasteiger partial charge on any atom is -0.320 e.